The van der Waals surface area contributed by atoms with E-state index in [0.29, 0.717) is 24.5 Å². The number of carbonyl (C=O) groups is 1. The molecule has 0 radical (unpaired) electrons. The average Bonchev–Trinajstić information content (AvgIpc) is 2.60. The quantitative estimate of drug-likeness (QED) is 0.494. The maximum atomic E-state index is 11.8. The standard InChI is InChI=1S/C19H32N2O5Si/c1-6-23-15(22)13-21-18-17(20-14-16(25-18)24-7-2)19(26-27(3,4)5)11-9-8-10-12-19/h14H,6-13H2,1-5H3. The minimum Gasteiger partial charge on any atom is -0.465 e. The fraction of sp³-hybridized carbons (Fsp3) is 0.737. The molecular formula is C19H32N2O5Si. The molecule has 0 spiro atoms. The smallest absolute Gasteiger partial charge is 0.327 e. The van der Waals surface area contributed by atoms with Gasteiger partial charge in [-0.25, -0.2) is 9.98 Å². The lowest BCUT2D eigenvalue weighted by atomic mass is 9.82. The van der Waals surface area contributed by atoms with Crippen LogP contribution < -0.4 is 10.3 Å². The number of hydrogen-bond donors (Lipinski definition) is 0. The van der Waals surface area contributed by atoms with Gasteiger partial charge in [0.05, 0.1) is 13.2 Å². The first-order chi connectivity index (χ1) is 12.8. The van der Waals surface area contributed by atoms with Gasteiger partial charge in [0.15, 0.2) is 8.32 Å². The zero-order valence-electron chi connectivity index (χ0n) is 17.2. The van der Waals surface area contributed by atoms with Crippen LogP contribution in [0, 0.1) is 0 Å². The van der Waals surface area contributed by atoms with Crippen LogP contribution in [0.5, 0.6) is 5.95 Å². The van der Waals surface area contributed by atoms with Crippen molar-refractivity contribution < 1.29 is 23.1 Å². The Morgan fingerprint density at radius 3 is 2.52 bits per heavy atom. The number of hydrogen-bond acceptors (Lipinski definition) is 7. The maximum Gasteiger partial charge on any atom is 0.327 e. The number of carbonyl (C=O) groups excluding carboxylic acids is 1. The third kappa shape index (κ3) is 6.17. The van der Waals surface area contributed by atoms with E-state index in [9.17, 15) is 4.79 Å². The topological polar surface area (TPSA) is 83.2 Å². The summed E-state index contributed by atoms with van der Waals surface area (Å²) in [6.45, 7) is 10.8. The third-order valence-electron chi connectivity index (χ3n) is 4.24. The Hall–Kier alpha value is -1.67. The highest BCUT2D eigenvalue weighted by Crippen LogP contribution is 2.40. The molecule has 0 aliphatic heterocycles. The second-order valence-corrected chi connectivity index (χ2v) is 12.1. The van der Waals surface area contributed by atoms with Gasteiger partial charge >= 0.3 is 11.9 Å². The molecule has 1 heterocycles. The molecule has 1 aromatic rings. The van der Waals surface area contributed by atoms with Gasteiger partial charge in [0.2, 0.25) is 5.55 Å². The lowest BCUT2D eigenvalue weighted by Crippen LogP contribution is -2.45. The second-order valence-electron chi connectivity index (χ2n) is 7.66. The molecule has 1 aromatic heterocycles. The first kappa shape index (κ1) is 21.6. The Bertz CT molecular complexity index is 690. The Labute approximate surface area is 162 Å². The SMILES string of the molecule is CCOC(=O)CN=c1oc(OCC)cnc1C1(O[Si](C)(C)C)CCCCC1. The molecule has 0 unspecified atom stereocenters. The predicted molar refractivity (Wildman–Crippen MR) is 104 cm³/mol. The van der Waals surface area contributed by atoms with E-state index < -0.39 is 19.9 Å². The molecule has 0 N–H and O–H groups in total. The molecular weight excluding hydrogens is 364 g/mol. The summed E-state index contributed by atoms with van der Waals surface area (Å²) in [6, 6.07) is 0. The van der Waals surface area contributed by atoms with Gasteiger partial charge in [0.25, 0.3) is 0 Å². The van der Waals surface area contributed by atoms with Crippen molar-refractivity contribution in [3.8, 4) is 5.95 Å². The molecule has 8 heteroatoms. The summed E-state index contributed by atoms with van der Waals surface area (Å²) < 4.78 is 22.9. The summed E-state index contributed by atoms with van der Waals surface area (Å²) in [5, 5.41) is 0. The maximum absolute atomic E-state index is 11.8. The molecule has 0 saturated heterocycles. The molecule has 27 heavy (non-hydrogen) atoms. The summed E-state index contributed by atoms with van der Waals surface area (Å²) in [4.78, 5) is 20.8. The van der Waals surface area contributed by atoms with Crippen LogP contribution in [0.25, 0.3) is 0 Å². The first-order valence-corrected chi connectivity index (χ1v) is 13.2. The van der Waals surface area contributed by atoms with Gasteiger partial charge in [-0.2, -0.15) is 0 Å². The molecule has 0 aromatic carbocycles. The van der Waals surface area contributed by atoms with Crippen molar-refractivity contribution in [3.05, 3.63) is 17.4 Å². The fourth-order valence-electron chi connectivity index (χ4n) is 3.41. The minimum absolute atomic E-state index is 0.120. The van der Waals surface area contributed by atoms with Crippen molar-refractivity contribution >= 4 is 14.3 Å². The van der Waals surface area contributed by atoms with E-state index in [4.69, 9.17) is 18.3 Å². The summed E-state index contributed by atoms with van der Waals surface area (Å²) in [6.07, 6.45) is 6.63. The third-order valence-corrected chi connectivity index (χ3v) is 5.24. The van der Waals surface area contributed by atoms with Gasteiger partial charge in [0.1, 0.15) is 24.0 Å². The van der Waals surface area contributed by atoms with Gasteiger partial charge in [-0.05, 0) is 46.3 Å². The zero-order chi connectivity index (χ0) is 19.9. The number of ether oxygens (including phenoxy) is 2. The number of esters is 1. The highest BCUT2D eigenvalue weighted by atomic mass is 28.4. The highest BCUT2D eigenvalue weighted by molar-refractivity contribution is 6.69. The van der Waals surface area contributed by atoms with Crippen LogP contribution in [0.2, 0.25) is 19.6 Å². The molecule has 0 amide bonds. The molecule has 7 nitrogen and oxygen atoms in total. The Kier molecular flexibility index (Phi) is 7.61. The molecule has 1 saturated carbocycles. The normalized spacial score (nSPS) is 17.6. The molecule has 152 valence electrons. The van der Waals surface area contributed by atoms with E-state index in [1.807, 2.05) is 6.92 Å². The molecule has 1 aliphatic rings. The lowest BCUT2D eigenvalue weighted by Gasteiger charge is -2.41. The van der Waals surface area contributed by atoms with E-state index >= 15 is 0 Å². The van der Waals surface area contributed by atoms with E-state index in [1.165, 1.54) is 6.42 Å². The zero-order valence-corrected chi connectivity index (χ0v) is 18.2. The molecule has 2 rings (SSSR count). The van der Waals surface area contributed by atoms with Crippen molar-refractivity contribution in [1.82, 2.24) is 4.98 Å². The van der Waals surface area contributed by atoms with Crippen molar-refractivity contribution in [2.75, 3.05) is 19.8 Å². The monoisotopic (exact) mass is 396 g/mol. The van der Waals surface area contributed by atoms with Crippen LogP contribution in [0.1, 0.15) is 51.6 Å². The van der Waals surface area contributed by atoms with Crippen molar-refractivity contribution in [3.63, 3.8) is 0 Å². The molecule has 0 bridgehead atoms. The van der Waals surface area contributed by atoms with Crippen LogP contribution in [-0.4, -0.2) is 39.0 Å². The van der Waals surface area contributed by atoms with Gasteiger partial charge in [-0.3, -0.25) is 4.79 Å². The van der Waals surface area contributed by atoms with Crippen LogP contribution in [0.15, 0.2) is 15.6 Å². The van der Waals surface area contributed by atoms with Gasteiger partial charge in [0, 0.05) is 0 Å². The fourth-order valence-corrected chi connectivity index (χ4v) is 4.88. The highest BCUT2D eigenvalue weighted by Gasteiger charge is 2.42. The van der Waals surface area contributed by atoms with Crippen molar-refractivity contribution in [1.29, 1.82) is 0 Å². The van der Waals surface area contributed by atoms with Gasteiger partial charge < -0.3 is 18.3 Å². The number of aromatic nitrogens is 1. The van der Waals surface area contributed by atoms with Gasteiger partial charge in [-0.1, -0.05) is 19.3 Å². The predicted octanol–water partition coefficient (Wildman–Crippen LogP) is 3.55. The molecule has 1 aliphatic carbocycles. The summed E-state index contributed by atoms with van der Waals surface area (Å²) >= 11 is 0. The largest absolute Gasteiger partial charge is 0.465 e. The van der Waals surface area contributed by atoms with E-state index in [1.54, 1.807) is 13.1 Å². The van der Waals surface area contributed by atoms with Crippen LogP contribution in [0.3, 0.4) is 0 Å². The van der Waals surface area contributed by atoms with E-state index in [2.05, 4.69) is 29.6 Å². The van der Waals surface area contributed by atoms with Gasteiger partial charge in [-0.15, -0.1) is 0 Å². The van der Waals surface area contributed by atoms with Crippen LogP contribution in [0.4, 0.5) is 0 Å². The van der Waals surface area contributed by atoms with Crippen molar-refractivity contribution in [2.24, 2.45) is 4.99 Å². The summed E-state index contributed by atoms with van der Waals surface area (Å²) in [7, 11) is -1.86. The van der Waals surface area contributed by atoms with Crippen LogP contribution in [-0.2, 0) is 19.6 Å². The molecule has 1 fully saturated rings. The van der Waals surface area contributed by atoms with E-state index in [0.717, 1.165) is 25.7 Å². The lowest BCUT2D eigenvalue weighted by molar-refractivity contribution is -0.141. The second kappa shape index (κ2) is 9.50. The number of rotatable bonds is 8. The Morgan fingerprint density at radius 2 is 1.93 bits per heavy atom. The average molecular weight is 397 g/mol. The Morgan fingerprint density at radius 1 is 1.22 bits per heavy atom. The van der Waals surface area contributed by atoms with Crippen LogP contribution >= 0.6 is 0 Å². The minimum atomic E-state index is -1.86. The summed E-state index contributed by atoms with van der Waals surface area (Å²) in [5.41, 5.74) is 0.441. The molecule has 0 atom stereocenters. The Balaban J connectivity index is 2.50. The van der Waals surface area contributed by atoms with E-state index in [-0.39, 0.29) is 12.5 Å². The summed E-state index contributed by atoms with van der Waals surface area (Å²) in [5.74, 6) is -0.118. The van der Waals surface area contributed by atoms with Crippen molar-refractivity contribution in [2.45, 2.75) is 71.2 Å². The number of nitrogens with zero attached hydrogens (tertiary/aromatic N) is 2. The first-order valence-electron chi connectivity index (χ1n) is 9.79.